The van der Waals surface area contributed by atoms with Crippen molar-refractivity contribution >= 4 is 11.9 Å². The Morgan fingerprint density at radius 2 is 2.11 bits per heavy atom. The summed E-state index contributed by atoms with van der Waals surface area (Å²) in [4.78, 5) is 25.3. The summed E-state index contributed by atoms with van der Waals surface area (Å²) in [7, 11) is 0. The fourth-order valence-electron chi connectivity index (χ4n) is 2.50. The van der Waals surface area contributed by atoms with Crippen LogP contribution in [0.15, 0.2) is 11.1 Å². The van der Waals surface area contributed by atoms with E-state index >= 15 is 0 Å². The van der Waals surface area contributed by atoms with Crippen LogP contribution in [-0.2, 0) is 14.3 Å². The predicted octanol–water partition coefficient (Wildman–Crippen LogP) is -0.146. The molecule has 2 aliphatic heterocycles. The molecule has 2 saturated heterocycles. The highest BCUT2D eigenvalue weighted by Crippen LogP contribution is 2.22. The predicted molar refractivity (Wildman–Crippen MR) is 68.7 cm³/mol. The third kappa shape index (κ3) is 2.64. The molecule has 19 heavy (non-hydrogen) atoms. The summed E-state index contributed by atoms with van der Waals surface area (Å²) in [5.74, 6) is -1.59. The van der Waals surface area contributed by atoms with Gasteiger partial charge < -0.3 is 20.1 Å². The molecular formula is C13H20N2O4. The molecule has 2 fully saturated rings. The third-order valence-corrected chi connectivity index (χ3v) is 3.90. The molecule has 2 atom stereocenters. The van der Waals surface area contributed by atoms with Gasteiger partial charge in [-0.15, -0.1) is 0 Å². The second kappa shape index (κ2) is 5.71. The standard InChI is InChI=1S/C13H20N2O4/c1-3-15(11-7-19-6-10(11)13(17)18)12(16)8(2)9-4-14-5-9/h10-11,14H,3-7H2,1-2H3,(H,17,18). The molecule has 0 bridgehead atoms. The number of carbonyl (C=O) groups excluding carboxylic acids is 1. The van der Waals surface area contributed by atoms with Crippen LogP contribution in [-0.4, -0.2) is 60.8 Å². The van der Waals surface area contributed by atoms with Crippen LogP contribution in [0.4, 0.5) is 0 Å². The summed E-state index contributed by atoms with van der Waals surface area (Å²) in [6.07, 6.45) is 0. The van der Waals surface area contributed by atoms with Gasteiger partial charge >= 0.3 is 5.97 Å². The lowest BCUT2D eigenvalue weighted by Crippen LogP contribution is -2.48. The highest BCUT2D eigenvalue weighted by molar-refractivity contribution is 5.94. The molecule has 6 nitrogen and oxygen atoms in total. The van der Waals surface area contributed by atoms with Crippen molar-refractivity contribution < 1.29 is 19.4 Å². The molecule has 1 amide bonds. The second-order valence-corrected chi connectivity index (χ2v) is 4.97. The zero-order chi connectivity index (χ0) is 14.0. The normalized spacial score (nSPS) is 25.9. The number of nitrogens with one attached hydrogen (secondary N) is 1. The van der Waals surface area contributed by atoms with E-state index in [4.69, 9.17) is 4.74 Å². The monoisotopic (exact) mass is 268 g/mol. The lowest BCUT2D eigenvalue weighted by Gasteiger charge is -2.31. The molecule has 0 aromatic carbocycles. The van der Waals surface area contributed by atoms with Crippen molar-refractivity contribution in [3.8, 4) is 0 Å². The number of hydrogen-bond donors (Lipinski definition) is 2. The van der Waals surface area contributed by atoms with Gasteiger partial charge in [0.1, 0.15) is 5.92 Å². The molecule has 106 valence electrons. The summed E-state index contributed by atoms with van der Waals surface area (Å²) >= 11 is 0. The Kier molecular flexibility index (Phi) is 4.21. The lowest BCUT2D eigenvalue weighted by atomic mass is 9.99. The first-order valence-corrected chi connectivity index (χ1v) is 6.57. The first-order valence-electron chi connectivity index (χ1n) is 6.57. The summed E-state index contributed by atoms with van der Waals surface area (Å²) in [6, 6.07) is -0.362. The second-order valence-electron chi connectivity index (χ2n) is 4.97. The van der Waals surface area contributed by atoms with Gasteiger partial charge in [0.05, 0.1) is 19.3 Å². The minimum atomic E-state index is -0.899. The van der Waals surface area contributed by atoms with Gasteiger partial charge in [0.25, 0.3) is 0 Å². The average Bonchev–Trinajstić information content (AvgIpc) is 2.76. The number of nitrogens with zero attached hydrogens (tertiary/aromatic N) is 1. The van der Waals surface area contributed by atoms with Crippen molar-refractivity contribution in [2.75, 3.05) is 32.8 Å². The molecule has 2 aliphatic rings. The third-order valence-electron chi connectivity index (χ3n) is 3.90. The molecule has 6 heteroatoms. The Bertz CT molecular complexity index is 413. The molecule has 0 aromatic rings. The van der Waals surface area contributed by atoms with Crippen LogP contribution >= 0.6 is 0 Å². The van der Waals surface area contributed by atoms with Gasteiger partial charge in [-0.3, -0.25) is 9.59 Å². The number of hydrogen-bond acceptors (Lipinski definition) is 4. The van der Waals surface area contributed by atoms with E-state index in [0.717, 1.165) is 24.2 Å². The van der Waals surface area contributed by atoms with Crippen LogP contribution in [0.5, 0.6) is 0 Å². The molecule has 2 N–H and O–H groups in total. The highest BCUT2D eigenvalue weighted by atomic mass is 16.5. The van der Waals surface area contributed by atoms with Crippen LogP contribution in [0.3, 0.4) is 0 Å². The molecule has 2 rings (SSSR count). The van der Waals surface area contributed by atoms with Crippen LogP contribution in [0.25, 0.3) is 0 Å². The summed E-state index contributed by atoms with van der Waals surface area (Å²) in [6.45, 7) is 6.16. The van der Waals surface area contributed by atoms with E-state index in [1.807, 2.05) is 13.8 Å². The van der Waals surface area contributed by atoms with E-state index in [-0.39, 0.29) is 18.6 Å². The molecule has 0 aromatic heterocycles. The maximum atomic E-state index is 12.5. The van der Waals surface area contributed by atoms with E-state index < -0.39 is 11.9 Å². The highest BCUT2D eigenvalue weighted by Gasteiger charge is 2.40. The Morgan fingerprint density at radius 1 is 1.42 bits per heavy atom. The quantitative estimate of drug-likeness (QED) is 0.694. The van der Waals surface area contributed by atoms with Gasteiger partial charge in [0.15, 0.2) is 0 Å². The van der Waals surface area contributed by atoms with Gasteiger partial charge in [-0.25, -0.2) is 0 Å². The maximum absolute atomic E-state index is 12.5. The van der Waals surface area contributed by atoms with Crippen molar-refractivity contribution in [2.24, 2.45) is 5.92 Å². The SMILES string of the molecule is CCN(C(=O)C(C)=C1CNC1)C1COCC1C(=O)O. The summed E-state index contributed by atoms with van der Waals surface area (Å²) in [5.41, 5.74) is 1.84. The molecule has 2 heterocycles. The van der Waals surface area contributed by atoms with Gasteiger partial charge in [0.2, 0.25) is 5.91 Å². The zero-order valence-corrected chi connectivity index (χ0v) is 11.3. The van der Waals surface area contributed by atoms with E-state index in [9.17, 15) is 14.7 Å². The van der Waals surface area contributed by atoms with Crippen molar-refractivity contribution in [3.05, 3.63) is 11.1 Å². The summed E-state index contributed by atoms with van der Waals surface area (Å²) in [5, 5.41) is 12.3. The number of carbonyl (C=O) groups is 2. The largest absolute Gasteiger partial charge is 0.481 e. The minimum absolute atomic E-state index is 0.0687. The maximum Gasteiger partial charge on any atom is 0.311 e. The smallest absolute Gasteiger partial charge is 0.311 e. The number of rotatable bonds is 4. The number of likely N-dealkylation sites (N-methyl/N-ethyl adjacent to an activating group) is 1. The fourth-order valence-corrected chi connectivity index (χ4v) is 2.50. The zero-order valence-electron chi connectivity index (χ0n) is 11.3. The van der Waals surface area contributed by atoms with Crippen LogP contribution in [0, 0.1) is 5.92 Å². The number of carboxylic acids is 1. The van der Waals surface area contributed by atoms with Crippen molar-refractivity contribution in [3.63, 3.8) is 0 Å². The van der Waals surface area contributed by atoms with Gasteiger partial charge in [0, 0.05) is 25.2 Å². The number of amides is 1. The van der Waals surface area contributed by atoms with Crippen molar-refractivity contribution in [1.82, 2.24) is 10.2 Å². The van der Waals surface area contributed by atoms with Gasteiger partial charge in [-0.2, -0.15) is 0 Å². The Hall–Kier alpha value is -1.40. The fraction of sp³-hybridized carbons (Fsp3) is 0.692. The molecular weight excluding hydrogens is 248 g/mol. The van der Waals surface area contributed by atoms with Gasteiger partial charge in [-0.05, 0) is 19.4 Å². The Balaban J connectivity index is 2.15. The Labute approximate surface area is 112 Å². The van der Waals surface area contributed by atoms with E-state index in [1.54, 1.807) is 4.90 Å². The molecule has 0 aliphatic carbocycles. The molecule has 0 spiro atoms. The molecule has 0 saturated carbocycles. The van der Waals surface area contributed by atoms with Crippen molar-refractivity contribution in [2.45, 2.75) is 19.9 Å². The minimum Gasteiger partial charge on any atom is -0.481 e. The molecule has 2 unspecified atom stereocenters. The average molecular weight is 268 g/mol. The number of carboxylic acid groups (broad SMARTS) is 1. The first-order chi connectivity index (χ1) is 9.06. The molecule has 0 radical (unpaired) electrons. The van der Waals surface area contributed by atoms with Crippen LogP contribution in [0.2, 0.25) is 0 Å². The van der Waals surface area contributed by atoms with Crippen molar-refractivity contribution in [1.29, 1.82) is 0 Å². The van der Waals surface area contributed by atoms with Crippen LogP contribution in [0.1, 0.15) is 13.8 Å². The topological polar surface area (TPSA) is 78.9 Å². The van der Waals surface area contributed by atoms with E-state index in [0.29, 0.717) is 13.2 Å². The lowest BCUT2D eigenvalue weighted by molar-refractivity contribution is -0.144. The first kappa shape index (κ1) is 14.0. The van der Waals surface area contributed by atoms with Gasteiger partial charge in [-0.1, -0.05) is 0 Å². The van der Waals surface area contributed by atoms with E-state index in [2.05, 4.69) is 5.32 Å². The van der Waals surface area contributed by atoms with E-state index in [1.165, 1.54) is 0 Å². The number of aliphatic carboxylic acids is 1. The Morgan fingerprint density at radius 3 is 2.58 bits per heavy atom. The van der Waals surface area contributed by atoms with Crippen LogP contribution < -0.4 is 5.32 Å². The summed E-state index contributed by atoms with van der Waals surface area (Å²) < 4.78 is 5.24. The number of ether oxygens (including phenoxy) is 1.